The van der Waals surface area contributed by atoms with Crippen molar-refractivity contribution in [3.63, 3.8) is 0 Å². The Bertz CT molecular complexity index is 1960. The van der Waals surface area contributed by atoms with Crippen molar-refractivity contribution in [2.45, 2.75) is 81.6 Å². The van der Waals surface area contributed by atoms with Gasteiger partial charge in [-0.1, -0.05) is 91.7 Å². The van der Waals surface area contributed by atoms with Crippen molar-refractivity contribution in [3.8, 4) is 11.1 Å². The summed E-state index contributed by atoms with van der Waals surface area (Å²) in [5.41, 5.74) is 13.0. The van der Waals surface area contributed by atoms with Crippen LogP contribution in [0.4, 0.5) is 11.4 Å². The summed E-state index contributed by atoms with van der Waals surface area (Å²) in [7, 11) is 0. The fourth-order valence-corrected chi connectivity index (χ4v) is 7.28. The molecule has 2 heterocycles. The molecular formula is C44H48N4O5S. The number of aliphatic hydroxyl groups excluding tert-OH is 1. The lowest BCUT2D eigenvalue weighted by molar-refractivity contribution is -0.245. The zero-order valence-corrected chi connectivity index (χ0v) is 31.2. The Morgan fingerprint density at radius 3 is 2.26 bits per heavy atom. The molecule has 0 aliphatic carbocycles. The van der Waals surface area contributed by atoms with Crippen LogP contribution >= 0.6 is 11.8 Å². The lowest BCUT2D eigenvalue weighted by atomic mass is 9.99. The second kappa shape index (κ2) is 19.9. The third-order valence-corrected chi connectivity index (χ3v) is 10.4. The van der Waals surface area contributed by atoms with E-state index < -0.39 is 6.29 Å². The van der Waals surface area contributed by atoms with Gasteiger partial charge in [0.05, 0.1) is 35.2 Å². The lowest BCUT2D eigenvalue weighted by Gasteiger charge is -2.36. The molecule has 1 aromatic heterocycles. The van der Waals surface area contributed by atoms with Crippen LogP contribution < -0.4 is 16.4 Å². The SMILES string of the molecule is Nc1ccccc1NC(=O)CCCCCCC(=O)NCc1cccc(-c2cccc([C@@H]3O[C@H](CSc4ccccn4)C[C@H](c4ccc(CO)cc4)O3)c2)c1. The largest absolute Gasteiger partial charge is 0.397 e. The Hall–Kier alpha value is -5.00. The lowest BCUT2D eigenvalue weighted by Crippen LogP contribution is -2.31. The van der Waals surface area contributed by atoms with E-state index in [4.69, 9.17) is 15.2 Å². The topological polar surface area (TPSA) is 136 Å². The number of anilines is 2. The molecule has 6 rings (SSSR count). The first-order valence-electron chi connectivity index (χ1n) is 18.6. The van der Waals surface area contributed by atoms with Gasteiger partial charge in [0.15, 0.2) is 6.29 Å². The van der Waals surface area contributed by atoms with Crippen LogP contribution in [0.25, 0.3) is 11.1 Å². The number of nitrogens with zero attached hydrogens (tertiary/aromatic N) is 1. The smallest absolute Gasteiger partial charge is 0.224 e. The molecule has 5 aromatic rings. The molecule has 0 bridgehead atoms. The Kier molecular flexibility index (Phi) is 14.3. The average Bonchev–Trinajstić information content (AvgIpc) is 3.22. The number of carbonyl (C=O) groups is 2. The van der Waals surface area contributed by atoms with Gasteiger partial charge in [-0.2, -0.15) is 0 Å². The molecule has 0 unspecified atom stereocenters. The molecule has 1 saturated heterocycles. The molecule has 0 spiro atoms. The Morgan fingerprint density at radius 2 is 1.50 bits per heavy atom. The standard InChI is InChI=1S/C44H48N4O5S/c45-38-15-5-6-16-39(38)48-42(51)18-4-2-1-3-17-41(50)47-28-32-11-9-12-34(25-32)35-13-10-14-36(26-35)44-52-37(30-54-43-19-7-8-24-46-43)27-40(53-44)33-22-20-31(29-49)21-23-33/h5-16,19-26,37,40,44,49H,1-4,17-18,27-30,45H2,(H,47,50)(H,48,51)/t37-,40+,44+/m0/s1. The second-order valence-electron chi connectivity index (χ2n) is 13.5. The van der Waals surface area contributed by atoms with E-state index in [1.165, 1.54) is 0 Å². The maximum absolute atomic E-state index is 12.7. The molecule has 10 heteroatoms. The molecule has 1 fully saturated rings. The quantitative estimate of drug-likeness (QED) is 0.0422. The first kappa shape index (κ1) is 38.7. The Balaban J connectivity index is 1.00. The number of ether oxygens (including phenoxy) is 2. The van der Waals surface area contributed by atoms with E-state index in [1.54, 1.807) is 30.1 Å². The minimum atomic E-state index is -0.566. The molecule has 0 saturated carbocycles. The number of rotatable bonds is 17. The summed E-state index contributed by atoms with van der Waals surface area (Å²) in [6.45, 7) is 0.439. The van der Waals surface area contributed by atoms with Gasteiger partial charge in [-0.05, 0) is 77.1 Å². The van der Waals surface area contributed by atoms with E-state index in [1.807, 2.05) is 78.9 Å². The number of carbonyl (C=O) groups excluding carboxylic acids is 2. The highest BCUT2D eigenvalue weighted by molar-refractivity contribution is 7.99. The average molecular weight is 745 g/mol. The van der Waals surface area contributed by atoms with E-state index in [0.29, 0.717) is 37.2 Å². The summed E-state index contributed by atoms with van der Waals surface area (Å²) in [5, 5.41) is 16.4. The van der Waals surface area contributed by atoms with Crippen molar-refractivity contribution < 1.29 is 24.2 Å². The molecule has 1 aliphatic heterocycles. The summed E-state index contributed by atoms with van der Waals surface area (Å²) in [6, 6.07) is 37.5. The van der Waals surface area contributed by atoms with E-state index in [0.717, 1.165) is 69.8 Å². The number of nitrogens with one attached hydrogen (secondary N) is 2. The van der Waals surface area contributed by atoms with Gasteiger partial charge >= 0.3 is 0 Å². The highest BCUT2D eigenvalue weighted by atomic mass is 32.2. The molecule has 280 valence electrons. The monoisotopic (exact) mass is 744 g/mol. The Morgan fingerprint density at radius 1 is 0.759 bits per heavy atom. The zero-order chi connectivity index (χ0) is 37.5. The van der Waals surface area contributed by atoms with Gasteiger partial charge in [-0.25, -0.2) is 4.98 Å². The summed E-state index contributed by atoms with van der Waals surface area (Å²) >= 11 is 1.67. The van der Waals surface area contributed by atoms with Crippen molar-refractivity contribution >= 4 is 35.0 Å². The number of hydrogen-bond donors (Lipinski definition) is 4. The van der Waals surface area contributed by atoms with Crippen molar-refractivity contribution in [1.29, 1.82) is 0 Å². The van der Waals surface area contributed by atoms with E-state index in [9.17, 15) is 14.7 Å². The molecule has 54 heavy (non-hydrogen) atoms. The highest BCUT2D eigenvalue weighted by Gasteiger charge is 2.32. The van der Waals surface area contributed by atoms with Crippen molar-refractivity contribution in [3.05, 3.63) is 144 Å². The van der Waals surface area contributed by atoms with Gasteiger partial charge in [-0.15, -0.1) is 11.8 Å². The van der Waals surface area contributed by atoms with Crippen molar-refractivity contribution in [2.75, 3.05) is 16.8 Å². The number of nitrogens with two attached hydrogens (primary N) is 1. The number of para-hydroxylation sites is 2. The molecule has 2 amide bonds. The van der Waals surface area contributed by atoms with Crippen LogP contribution in [-0.2, 0) is 32.2 Å². The minimum Gasteiger partial charge on any atom is -0.397 e. The van der Waals surface area contributed by atoms with Crippen LogP contribution in [0.2, 0.25) is 0 Å². The van der Waals surface area contributed by atoms with Crippen LogP contribution in [0.15, 0.2) is 126 Å². The van der Waals surface area contributed by atoms with Gasteiger partial charge in [0.2, 0.25) is 11.8 Å². The number of thioether (sulfide) groups is 1. The van der Waals surface area contributed by atoms with E-state index in [-0.39, 0.29) is 30.6 Å². The number of pyridine rings is 1. The maximum Gasteiger partial charge on any atom is 0.224 e. The van der Waals surface area contributed by atoms with Gasteiger partial charge in [0.1, 0.15) is 0 Å². The number of nitrogen functional groups attached to an aromatic ring is 1. The number of unbranched alkanes of at least 4 members (excludes halogenated alkanes) is 3. The molecular weight excluding hydrogens is 697 g/mol. The fraction of sp³-hybridized carbons (Fsp3) is 0.295. The van der Waals surface area contributed by atoms with Crippen molar-refractivity contribution in [1.82, 2.24) is 10.3 Å². The van der Waals surface area contributed by atoms with Crippen LogP contribution in [0.1, 0.15) is 79.6 Å². The molecule has 3 atom stereocenters. The molecule has 9 nitrogen and oxygen atoms in total. The molecule has 1 aliphatic rings. The second-order valence-corrected chi connectivity index (χ2v) is 14.5. The third kappa shape index (κ3) is 11.5. The fourth-order valence-electron chi connectivity index (χ4n) is 6.40. The third-order valence-electron chi connectivity index (χ3n) is 9.37. The zero-order valence-electron chi connectivity index (χ0n) is 30.4. The summed E-state index contributed by atoms with van der Waals surface area (Å²) in [6.07, 6.45) is 5.87. The number of aliphatic hydroxyl groups is 1. The predicted molar refractivity (Wildman–Crippen MR) is 214 cm³/mol. The highest BCUT2D eigenvalue weighted by Crippen LogP contribution is 2.40. The van der Waals surface area contributed by atoms with E-state index in [2.05, 4.69) is 39.9 Å². The first-order chi connectivity index (χ1) is 26.4. The number of amides is 2. The number of hydrogen-bond acceptors (Lipinski definition) is 8. The van der Waals surface area contributed by atoms with Gasteiger partial charge in [0, 0.05) is 43.3 Å². The van der Waals surface area contributed by atoms with Crippen LogP contribution in [0.5, 0.6) is 0 Å². The van der Waals surface area contributed by atoms with Gasteiger partial charge in [-0.3, -0.25) is 9.59 Å². The molecule has 5 N–H and O–H groups in total. The minimum absolute atomic E-state index is 0.00179. The number of benzene rings is 4. The van der Waals surface area contributed by atoms with Crippen LogP contribution in [-0.4, -0.2) is 33.8 Å². The maximum atomic E-state index is 12.7. The van der Waals surface area contributed by atoms with Crippen LogP contribution in [0.3, 0.4) is 0 Å². The molecule has 4 aromatic carbocycles. The summed E-state index contributed by atoms with van der Waals surface area (Å²) < 4.78 is 13.2. The van der Waals surface area contributed by atoms with Crippen LogP contribution in [0, 0.1) is 0 Å². The summed E-state index contributed by atoms with van der Waals surface area (Å²) in [4.78, 5) is 29.3. The van der Waals surface area contributed by atoms with Crippen molar-refractivity contribution in [2.24, 2.45) is 0 Å². The molecule has 0 radical (unpaired) electrons. The normalized spacial score (nSPS) is 16.8. The Labute approximate surface area is 321 Å². The first-order valence-corrected chi connectivity index (χ1v) is 19.6. The van der Waals surface area contributed by atoms with Gasteiger partial charge in [0.25, 0.3) is 0 Å². The number of aromatic nitrogens is 1. The predicted octanol–water partition coefficient (Wildman–Crippen LogP) is 8.76. The van der Waals surface area contributed by atoms with E-state index >= 15 is 0 Å². The van der Waals surface area contributed by atoms with Gasteiger partial charge < -0.3 is 30.9 Å². The summed E-state index contributed by atoms with van der Waals surface area (Å²) in [5.74, 6) is 0.702.